The number of anilines is 1. The predicted octanol–water partition coefficient (Wildman–Crippen LogP) is 2.43. The Balaban J connectivity index is 2.30. The van der Waals surface area contributed by atoms with E-state index in [9.17, 15) is 8.42 Å². The van der Waals surface area contributed by atoms with Gasteiger partial charge in [-0.1, -0.05) is 6.07 Å². The highest BCUT2D eigenvalue weighted by molar-refractivity contribution is 14.1. The highest BCUT2D eigenvalue weighted by Gasteiger charge is 2.16. The van der Waals surface area contributed by atoms with Crippen molar-refractivity contribution >= 4 is 38.3 Å². The lowest BCUT2D eigenvalue weighted by molar-refractivity contribution is 0.598. The molecular weight excluding hydrogens is 365 g/mol. The van der Waals surface area contributed by atoms with Crippen LogP contribution < -0.4 is 4.72 Å². The smallest absolute Gasteiger partial charge is 0.278 e. The van der Waals surface area contributed by atoms with Crippen LogP contribution in [0.2, 0.25) is 0 Å². The van der Waals surface area contributed by atoms with Crippen molar-refractivity contribution in [3.63, 3.8) is 0 Å². The number of rotatable bonds is 3. The molecule has 18 heavy (non-hydrogen) atoms. The zero-order valence-electron chi connectivity index (χ0n) is 9.86. The molecule has 96 valence electrons. The Morgan fingerprint density at radius 1 is 1.33 bits per heavy atom. The summed E-state index contributed by atoms with van der Waals surface area (Å²) in [5, 5.41) is 0.0654. The van der Waals surface area contributed by atoms with Crippen molar-refractivity contribution in [2.75, 3.05) is 4.72 Å². The second-order valence-electron chi connectivity index (χ2n) is 3.90. The minimum Gasteiger partial charge on any atom is -0.332 e. The number of nitrogens with one attached hydrogen (secondary N) is 2. The van der Waals surface area contributed by atoms with Crippen molar-refractivity contribution in [2.45, 2.75) is 18.9 Å². The van der Waals surface area contributed by atoms with Gasteiger partial charge < -0.3 is 4.98 Å². The molecule has 7 heteroatoms. The van der Waals surface area contributed by atoms with Crippen LogP contribution in [0.5, 0.6) is 0 Å². The van der Waals surface area contributed by atoms with E-state index in [1.165, 1.54) is 6.20 Å². The number of H-pyrrole nitrogens is 1. The van der Waals surface area contributed by atoms with Crippen molar-refractivity contribution in [1.29, 1.82) is 0 Å². The van der Waals surface area contributed by atoms with Crippen LogP contribution in [0.25, 0.3) is 0 Å². The maximum absolute atomic E-state index is 12.0. The number of aromatic amines is 1. The van der Waals surface area contributed by atoms with Crippen molar-refractivity contribution in [1.82, 2.24) is 9.97 Å². The van der Waals surface area contributed by atoms with Gasteiger partial charge in [0, 0.05) is 9.26 Å². The van der Waals surface area contributed by atoms with E-state index in [0.717, 1.165) is 9.13 Å². The largest absolute Gasteiger partial charge is 0.332 e. The second-order valence-corrected chi connectivity index (χ2v) is 6.72. The standard InChI is InChI=1S/C11H12IN3O2S/c1-7-3-4-9(5-10(7)12)15-18(16,17)11-6-13-8(2)14-11/h3-6,15H,1-2H3,(H,13,14). The predicted molar refractivity (Wildman–Crippen MR) is 78.0 cm³/mol. The number of imidazole rings is 1. The Bertz CT molecular complexity index is 679. The SMILES string of the molecule is Cc1ncc(S(=O)(=O)Nc2ccc(C)c(I)c2)[nH]1. The Hall–Kier alpha value is -1.09. The molecule has 0 atom stereocenters. The molecule has 1 aromatic carbocycles. The molecule has 0 radical (unpaired) electrons. The normalized spacial score (nSPS) is 11.5. The molecule has 0 unspecified atom stereocenters. The van der Waals surface area contributed by atoms with Crippen LogP contribution in [0, 0.1) is 17.4 Å². The first-order valence-corrected chi connectivity index (χ1v) is 7.75. The molecule has 0 bridgehead atoms. The van der Waals surface area contributed by atoms with Crippen molar-refractivity contribution in [3.05, 3.63) is 39.4 Å². The van der Waals surface area contributed by atoms with Crippen LogP contribution in [-0.4, -0.2) is 18.4 Å². The average molecular weight is 377 g/mol. The molecule has 0 saturated carbocycles. The molecule has 0 aliphatic carbocycles. The van der Waals surface area contributed by atoms with Gasteiger partial charge in [0.2, 0.25) is 0 Å². The number of hydrogen-bond donors (Lipinski definition) is 2. The molecule has 0 spiro atoms. The number of sulfonamides is 1. The molecule has 1 heterocycles. The van der Waals surface area contributed by atoms with Crippen LogP contribution in [0.3, 0.4) is 0 Å². The summed E-state index contributed by atoms with van der Waals surface area (Å²) in [6.07, 6.45) is 1.30. The van der Waals surface area contributed by atoms with E-state index < -0.39 is 10.0 Å². The third-order valence-electron chi connectivity index (χ3n) is 2.39. The minimum absolute atomic E-state index is 0.0654. The van der Waals surface area contributed by atoms with Crippen LogP contribution >= 0.6 is 22.6 Å². The molecule has 1 aromatic heterocycles. The summed E-state index contributed by atoms with van der Waals surface area (Å²) < 4.78 is 27.6. The number of aryl methyl sites for hydroxylation is 2. The van der Waals surface area contributed by atoms with E-state index in [4.69, 9.17) is 0 Å². The number of halogens is 1. The Kier molecular flexibility index (Phi) is 3.62. The van der Waals surface area contributed by atoms with Gasteiger partial charge in [-0.25, -0.2) is 4.98 Å². The molecule has 0 fully saturated rings. The fourth-order valence-electron chi connectivity index (χ4n) is 1.40. The molecule has 2 rings (SSSR count). The quantitative estimate of drug-likeness (QED) is 0.807. The molecule has 5 nitrogen and oxygen atoms in total. The Labute approximate surface area is 119 Å². The fourth-order valence-corrected chi connectivity index (χ4v) is 2.94. The number of nitrogens with zero attached hydrogens (tertiary/aromatic N) is 1. The monoisotopic (exact) mass is 377 g/mol. The molecule has 0 aliphatic heterocycles. The minimum atomic E-state index is -3.59. The molecule has 0 aliphatic rings. The summed E-state index contributed by atoms with van der Waals surface area (Å²) in [6.45, 7) is 3.67. The number of hydrogen-bond acceptors (Lipinski definition) is 3. The molecule has 0 amide bonds. The zero-order chi connectivity index (χ0) is 13.3. The van der Waals surface area contributed by atoms with E-state index in [1.54, 1.807) is 19.1 Å². The summed E-state index contributed by atoms with van der Waals surface area (Å²) in [4.78, 5) is 6.58. The van der Waals surface area contributed by atoms with Gasteiger partial charge in [-0.2, -0.15) is 8.42 Å². The maximum atomic E-state index is 12.0. The van der Waals surface area contributed by atoms with E-state index in [-0.39, 0.29) is 5.03 Å². The lowest BCUT2D eigenvalue weighted by atomic mass is 10.2. The first-order chi connectivity index (χ1) is 8.38. The van der Waals surface area contributed by atoms with E-state index >= 15 is 0 Å². The van der Waals surface area contributed by atoms with Gasteiger partial charge >= 0.3 is 0 Å². The van der Waals surface area contributed by atoms with Gasteiger partial charge in [0.25, 0.3) is 10.0 Å². The van der Waals surface area contributed by atoms with E-state index in [1.807, 2.05) is 13.0 Å². The summed E-state index contributed by atoms with van der Waals surface area (Å²) in [5.74, 6) is 0.564. The highest BCUT2D eigenvalue weighted by atomic mass is 127. The van der Waals surface area contributed by atoms with E-state index in [2.05, 4.69) is 37.3 Å². The van der Waals surface area contributed by atoms with Crippen LogP contribution in [-0.2, 0) is 10.0 Å². The maximum Gasteiger partial charge on any atom is 0.278 e. The first-order valence-electron chi connectivity index (χ1n) is 5.19. The molecule has 2 N–H and O–H groups in total. The Morgan fingerprint density at radius 3 is 2.61 bits per heavy atom. The number of benzene rings is 1. The third kappa shape index (κ3) is 2.83. The van der Waals surface area contributed by atoms with Gasteiger partial charge in [0.1, 0.15) is 5.82 Å². The summed E-state index contributed by atoms with van der Waals surface area (Å²) in [6, 6.07) is 5.40. The molecule has 0 saturated heterocycles. The van der Waals surface area contributed by atoms with Crippen LogP contribution in [0.1, 0.15) is 11.4 Å². The third-order valence-corrected chi connectivity index (χ3v) is 4.85. The average Bonchev–Trinajstić information content (AvgIpc) is 2.71. The summed E-state index contributed by atoms with van der Waals surface area (Å²) in [7, 11) is -3.59. The van der Waals surface area contributed by atoms with Crippen molar-refractivity contribution in [2.24, 2.45) is 0 Å². The topological polar surface area (TPSA) is 74.8 Å². The van der Waals surface area contributed by atoms with Gasteiger partial charge in [-0.05, 0) is 54.1 Å². The van der Waals surface area contributed by atoms with Gasteiger partial charge in [-0.15, -0.1) is 0 Å². The van der Waals surface area contributed by atoms with Crippen LogP contribution in [0.4, 0.5) is 5.69 Å². The lowest BCUT2D eigenvalue weighted by Gasteiger charge is -2.07. The van der Waals surface area contributed by atoms with Gasteiger partial charge in [0.15, 0.2) is 5.03 Å². The second kappa shape index (κ2) is 4.88. The van der Waals surface area contributed by atoms with Crippen LogP contribution in [0.15, 0.2) is 29.4 Å². The summed E-state index contributed by atoms with van der Waals surface area (Å²) >= 11 is 2.17. The fraction of sp³-hybridized carbons (Fsp3) is 0.182. The molecular formula is C11H12IN3O2S. The Morgan fingerprint density at radius 2 is 2.06 bits per heavy atom. The van der Waals surface area contributed by atoms with Gasteiger partial charge in [-0.3, -0.25) is 4.72 Å². The zero-order valence-corrected chi connectivity index (χ0v) is 12.8. The molecule has 2 aromatic rings. The van der Waals surface area contributed by atoms with Crippen molar-refractivity contribution < 1.29 is 8.42 Å². The van der Waals surface area contributed by atoms with E-state index in [0.29, 0.717) is 11.5 Å². The van der Waals surface area contributed by atoms with Gasteiger partial charge in [0.05, 0.1) is 6.20 Å². The van der Waals surface area contributed by atoms with Crippen molar-refractivity contribution in [3.8, 4) is 0 Å². The lowest BCUT2D eigenvalue weighted by Crippen LogP contribution is -2.13. The number of aromatic nitrogens is 2. The highest BCUT2D eigenvalue weighted by Crippen LogP contribution is 2.19. The first kappa shape index (κ1) is 13.3. The summed E-state index contributed by atoms with van der Waals surface area (Å²) in [5.41, 5.74) is 1.65.